The van der Waals surface area contributed by atoms with Crippen LogP contribution in [0.4, 0.5) is 0 Å². The van der Waals surface area contributed by atoms with Gasteiger partial charge in [0.25, 0.3) is 0 Å². The lowest BCUT2D eigenvalue weighted by molar-refractivity contribution is -0.134. The molecule has 0 atom stereocenters. The van der Waals surface area contributed by atoms with Crippen molar-refractivity contribution in [1.82, 2.24) is 10.2 Å². The van der Waals surface area contributed by atoms with E-state index in [9.17, 15) is 9.59 Å². The second kappa shape index (κ2) is 6.60. The van der Waals surface area contributed by atoms with Crippen LogP contribution in [0.5, 0.6) is 17.2 Å². The molecule has 7 nitrogen and oxygen atoms in total. The fourth-order valence-electron chi connectivity index (χ4n) is 2.49. The van der Waals surface area contributed by atoms with Gasteiger partial charge in [0.1, 0.15) is 13.2 Å². The third-order valence-electron chi connectivity index (χ3n) is 3.62. The number of hydrogen-bond acceptors (Lipinski definition) is 5. The average molecular weight is 318 g/mol. The van der Waals surface area contributed by atoms with Crippen LogP contribution in [0, 0.1) is 0 Å². The van der Waals surface area contributed by atoms with Crippen molar-refractivity contribution in [2.24, 2.45) is 0 Å². The van der Waals surface area contributed by atoms with Gasteiger partial charge in [-0.05, 0) is 23.8 Å². The number of ether oxygens (including phenoxy) is 3. The van der Waals surface area contributed by atoms with Gasteiger partial charge in [0.05, 0.1) is 13.7 Å². The van der Waals surface area contributed by atoms with Gasteiger partial charge in [-0.2, -0.15) is 0 Å². The quantitative estimate of drug-likeness (QED) is 0.818. The highest BCUT2D eigenvalue weighted by Gasteiger charge is 2.20. The molecule has 1 aromatic rings. The van der Waals surface area contributed by atoms with Crippen molar-refractivity contribution in [2.45, 2.75) is 0 Å². The highest BCUT2D eigenvalue weighted by molar-refractivity contribution is 5.95. The molecule has 0 spiro atoms. The number of carbonyl (C=O) groups is 2. The van der Waals surface area contributed by atoms with E-state index in [0.717, 1.165) is 5.56 Å². The van der Waals surface area contributed by atoms with Gasteiger partial charge < -0.3 is 24.4 Å². The van der Waals surface area contributed by atoms with Crippen LogP contribution in [0.25, 0.3) is 6.08 Å². The molecule has 122 valence electrons. The van der Waals surface area contributed by atoms with E-state index >= 15 is 0 Å². The maximum atomic E-state index is 12.1. The summed E-state index contributed by atoms with van der Waals surface area (Å²) in [6.45, 7) is 2.04. The van der Waals surface area contributed by atoms with Crippen molar-refractivity contribution < 1.29 is 23.8 Å². The number of carbonyl (C=O) groups excluding carboxylic acids is 2. The third kappa shape index (κ3) is 3.39. The van der Waals surface area contributed by atoms with E-state index in [4.69, 9.17) is 14.2 Å². The Balaban J connectivity index is 1.76. The zero-order valence-electron chi connectivity index (χ0n) is 12.8. The SMILES string of the molecule is COc1cc(C=CC(=O)N2CCNC(=O)C2)cc2c1OCCO2. The van der Waals surface area contributed by atoms with E-state index in [2.05, 4.69) is 5.32 Å². The Morgan fingerprint density at radius 1 is 1.35 bits per heavy atom. The summed E-state index contributed by atoms with van der Waals surface area (Å²) in [7, 11) is 1.55. The largest absolute Gasteiger partial charge is 0.493 e. The van der Waals surface area contributed by atoms with Crippen molar-refractivity contribution in [3.63, 3.8) is 0 Å². The average Bonchev–Trinajstić information content (AvgIpc) is 2.58. The Hall–Kier alpha value is -2.70. The zero-order valence-corrected chi connectivity index (χ0v) is 12.8. The molecule has 2 amide bonds. The van der Waals surface area contributed by atoms with Crippen LogP contribution in [0.1, 0.15) is 5.56 Å². The number of benzene rings is 1. The van der Waals surface area contributed by atoms with Gasteiger partial charge in [-0.3, -0.25) is 9.59 Å². The lowest BCUT2D eigenvalue weighted by atomic mass is 10.1. The normalized spacial score (nSPS) is 17.1. The van der Waals surface area contributed by atoms with E-state index in [1.165, 1.54) is 11.0 Å². The molecule has 3 rings (SSSR count). The number of piperazine rings is 1. The fraction of sp³-hybridized carbons (Fsp3) is 0.375. The maximum absolute atomic E-state index is 12.1. The van der Waals surface area contributed by atoms with Crippen molar-refractivity contribution in [2.75, 3.05) is 40.0 Å². The van der Waals surface area contributed by atoms with E-state index in [1.807, 2.05) is 0 Å². The van der Waals surface area contributed by atoms with E-state index in [0.29, 0.717) is 43.6 Å². The highest BCUT2D eigenvalue weighted by atomic mass is 16.6. The van der Waals surface area contributed by atoms with Crippen LogP contribution in [-0.4, -0.2) is 56.7 Å². The molecular formula is C16H18N2O5. The molecule has 2 aliphatic heterocycles. The van der Waals surface area contributed by atoms with Gasteiger partial charge in [0, 0.05) is 19.2 Å². The lowest BCUT2D eigenvalue weighted by Crippen LogP contribution is -2.49. The van der Waals surface area contributed by atoms with E-state index in [1.54, 1.807) is 25.3 Å². The smallest absolute Gasteiger partial charge is 0.247 e. The Morgan fingerprint density at radius 2 is 2.17 bits per heavy atom. The van der Waals surface area contributed by atoms with Crippen molar-refractivity contribution in [3.8, 4) is 17.2 Å². The molecule has 7 heteroatoms. The second-order valence-corrected chi connectivity index (χ2v) is 5.19. The van der Waals surface area contributed by atoms with Crippen LogP contribution in [0.3, 0.4) is 0 Å². The zero-order chi connectivity index (χ0) is 16.2. The van der Waals surface area contributed by atoms with Gasteiger partial charge in [-0.25, -0.2) is 0 Å². The number of amides is 2. The maximum Gasteiger partial charge on any atom is 0.247 e. The van der Waals surface area contributed by atoms with Gasteiger partial charge in [-0.1, -0.05) is 0 Å². The van der Waals surface area contributed by atoms with Gasteiger partial charge >= 0.3 is 0 Å². The highest BCUT2D eigenvalue weighted by Crippen LogP contribution is 2.40. The Morgan fingerprint density at radius 3 is 2.96 bits per heavy atom. The molecule has 2 heterocycles. The molecule has 0 saturated carbocycles. The fourth-order valence-corrected chi connectivity index (χ4v) is 2.49. The summed E-state index contributed by atoms with van der Waals surface area (Å²) in [5, 5.41) is 2.69. The molecule has 0 bridgehead atoms. The summed E-state index contributed by atoms with van der Waals surface area (Å²) < 4.78 is 16.4. The molecule has 1 fully saturated rings. The van der Waals surface area contributed by atoms with Crippen LogP contribution in [0.15, 0.2) is 18.2 Å². The first-order valence-corrected chi connectivity index (χ1v) is 7.38. The van der Waals surface area contributed by atoms with Crippen molar-refractivity contribution >= 4 is 17.9 Å². The lowest BCUT2D eigenvalue weighted by Gasteiger charge is -2.25. The first-order chi connectivity index (χ1) is 11.2. The summed E-state index contributed by atoms with van der Waals surface area (Å²) in [6, 6.07) is 3.57. The first kappa shape index (κ1) is 15.2. The molecule has 0 aromatic heterocycles. The molecule has 2 aliphatic rings. The van der Waals surface area contributed by atoms with E-state index in [-0.39, 0.29) is 18.4 Å². The summed E-state index contributed by atoms with van der Waals surface area (Å²) in [5.74, 6) is 1.40. The number of fused-ring (bicyclic) bond motifs is 1. The number of nitrogens with zero attached hydrogens (tertiary/aromatic N) is 1. The molecule has 0 radical (unpaired) electrons. The van der Waals surface area contributed by atoms with Crippen LogP contribution in [-0.2, 0) is 9.59 Å². The Labute approximate surface area is 133 Å². The third-order valence-corrected chi connectivity index (χ3v) is 3.62. The predicted molar refractivity (Wildman–Crippen MR) is 82.6 cm³/mol. The predicted octanol–water partition coefficient (Wildman–Crippen LogP) is 0.438. The van der Waals surface area contributed by atoms with Crippen molar-refractivity contribution in [1.29, 1.82) is 0 Å². The Kier molecular flexibility index (Phi) is 4.36. The standard InChI is InChI=1S/C16H18N2O5/c1-21-12-8-11(9-13-16(12)23-7-6-22-13)2-3-15(20)18-5-4-17-14(19)10-18/h2-3,8-9H,4-7,10H2,1H3,(H,17,19). The van der Waals surface area contributed by atoms with Crippen LogP contribution >= 0.6 is 0 Å². The summed E-state index contributed by atoms with van der Waals surface area (Å²) >= 11 is 0. The summed E-state index contributed by atoms with van der Waals surface area (Å²) in [5.41, 5.74) is 0.765. The minimum Gasteiger partial charge on any atom is -0.493 e. The molecular weight excluding hydrogens is 300 g/mol. The molecule has 1 aromatic carbocycles. The minimum absolute atomic E-state index is 0.0909. The van der Waals surface area contributed by atoms with E-state index < -0.39 is 0 Å². The molecule has 0 unspecified atom stereocenters. The Bertz CT molecular complexity index is 639. The monoisotopic (exact) mass is 318 g/mol. The number of rotatable bonds is 3. The van der Waals surface area contributed by atoms with Crippen molar-refractivity contribution in [3.05, 3.63) is 23.8 Å². The topological polar surface area (TPSA) is 77.1 Å². The summed E-state index contributed by atoms with van der Waals surface area (Å²) in [6.07, 6.45) is 3.12. The number of methoxy groups -OCH3 is 1. The number of nitrogens with one attached hydrogen (secondary N) is 1. The molecule has 1 N–H and O–H groups in total. The van der Waals surface area contributed by atoms with Gasteiger partial charge in [0.2, 0.25) is 17.6 Å². The van der Waals surface area contributed by atoms with Crippen LogP contribution < -0.4 is 19.5 Å². The van der Waals surface area contributed by atoms with Gasteiger partial charge in [0.15, 0.2) is 11.5 Å². The first-order valence-electron chi connectivity index (χ1n) is 7.38. The molecule has 23 heavy (non-hydrogen) atoms. The van der Waals surface area contributed by atoms with Gasteiger partial charge in [-0.15, -0.1) is 0 Å². The molecule has 1 saturated heterocycles. The molecule has 0 aliphatic carbocycles. The second-order valence-electron chi connectivity index (χ2n) is 5.19. The summed E-state index contributed by atoms with van der Waals surface area (Å²) in [4.78, 5) is 25.0. The minimum atomic E-state index is -0.200. The number of hydrogen-bond donors (Lipinski definition) is 1. The van der Waals surface area contributed by atoms with Crippen LogP contribution in [0.2, 0.25) is 0 Å².